The number of hydrogen-bond donors (Lipinski definition) is 0. The lowest BCUT2D eigenvalue weighted by atomic mass is 9.72. The van der Waals surface area contributed by atoms with E-state index < -0.39 is 0 Å². The van der Waals surface area contributed by atoms with Gasteiger partial charge in [0, 0.05) is 12.1 Å². The Hall–Kier alpha value is -0.0400. The van der Waals surface area contributed by atoms with Gasteiger partial charge in [0.25, 0.3) is 0 Å². The van der Waals surface area contributed by atoms with Crippen LogP contribution in [0.2, 0.25) is 0 Å². The highest BCUT2D eigenvalue weighted by atomic mass is 15.2. The van der Waals surface area contributed by atoms with E-state index in [-0.39, 0.29) is 0 Å². The molecule has 0 heterocycles. The van der Waals surface area contributed by atoms with Crippen LogP contribution in [-0.2, 0) is 0 Å². The van der Waals surface area contributed by atoms with Crippen LogP contribution in [0, 0.1) is 17.3 Å². The van der Waals surface area contributed by atoms with Crippen molar-refractivity contribution >= 4 is 0 Å². The van der Waals surface area contributed by atoms with Crippen LogP contribution in [0.4, 0.5) is 0 Å². The third kappa shape index (κ3) is 5.42. The second-order valence-corrected chi connectivity index (χ2v) is 7.56. The summed E-state index contributed by atoms with van der Waals surface area (Å²) < 4.78 is 0. The summed E-state index contributed by atoms with van der Waals surface area (Å²) in [7, 11) is 0. The van der Waals surface area contributed by atoms with Crippen molar-refractivity contribution < 1.29 is 0 Å². The highest BCUT2D eigenvalue weighted by Crippen LogP contribution is 2.37. The molecule has 0 aliphatic carbocycles. The van der Waals surface area contributed by atoms with E-state index in [9.17, 15) is 0 Å². The maximum atomic E-state index is 2.64. The molecular formula is C16H35N. The van der Waals surface area contributed by atoms with Gasteiger partial charge in [0.1, 0.15) is 0 Å². The molecule has 1 heteroatoms. The summed E-state index contributed by atoms with van der Waals surface area (Å²) in [5.41, 5.74) is 0.709. The molecule has 0 bridgehead atoms. The lowest BCUT2D eigenvalue weighted by Gasteiger charge is -2.45. The molecule has 1 nitrogen and oxygen atoms in total. The zero-order chi connectivity index (χ0) is 13.9. The van der Waals surface area contributed by atoms with Crippen LogP contribution < -0.4 is 0 Å². The predicted molar refractivity (Wildman–Crippen MR) is 79.4 cm³/mol. The van der Waals surface area contributed by atoms with Crippen molar-refractivity contribution in [2.75, 3.05) is 13.1 Å². The molecule has 0 radical (unpaired) electrons. The molecule has 0 aromatic heterocycles. The van der Waals surface area contributed by atoms with E-state index in [0.717, 1.165) is 18.4 Å². The standard InChI is InChI=1S/C16H35N/c1-10-17(11-13(2)3)16(8,9)12-15(6,7)14(4)5/h13-14H,10-12H2,1-9H3. The van der Waals surface area contributed by atoms with E-state index in [2.05, 4.69) is 67.2 Å². The van der Waals surface area contributed by atoms with Crippen molar-refractivity contribution in [1.82, 2.24) is 4.90 Å². The Balaban J connectivity index is 4.73. The molecule has 0 aliphatic heterocycles. The van der Waals surface area contributed by atoms with Crippen molar-refractivity contribution in [3.8, 4) is 0 Å². The summed E-state index contributed by atoms with van der Waals surface area (Å²) in [6.07, 6.45) is 1.26. The molecule has 0 aliphatic rings. The van der Waals surface area contributed by atoms with Crippen LogP contribution in [0.3, 0.4) is 0 Å². The van der Waals surface area contributed by atoms with Gasteiger partial charge >= 0.3 is 0 Å². The Labute approximate surface area is 110 Å². The highest BCUT2D eigenvalue weighted by molar-refractivity contribution is 4.89. The second kappa shape index (κ2) is 6.22. The quantitative estimate of drug-likeness (QED) is 0.618. The van der Waals surface area contributed by atoms with E-state index in [1.807, 2.05) is 0 Å². The van der Waals surface area contributed by atoms with Gasteiger partial charge in [-0.1, -0.05) is 48.5 Å². The molecule has 0 rings (SSSR count). The van der Waals surface area contributed by atoms with Crippen LogP contribution in [0.5, 0.6) is 0 Å². The maximum absolute atomic E-state index is 2.64. The van der Waals surface area contributed by atoms with Crippen LogP contribution in [0.15, 0.2) is 0 Å². The maximum Gasteiger partial charge on any atom is 0.0158 e. The second-order valence-electron chi connectivity index (χ2n) is 7.56. The third-order valence-electron chi connectivity index (χ3n) is 4.27. The Bertz CT molecular complexity index is 214. The SMILES string of the molecule is CCN(CC(C)C)C(C)(C)CC(C)(C)C(C)C. The Morgan fingerprint density at radius 2 is 1.41 bits per heavy atom. The topological polar surface area (TPSA) is 3.24 Å². The number of rotatable bonds is 7. The Morgan fingerprint density at radius 1 is 0.941 bits per heavy atom. The molecule has 0 fully saturated rings. The molecular weight excluding hydrogens is 206 g/mol. The zero-order valence-electron chi connectivity index (χ0n) is 13.7. The van der Waals surface area contributed by atoms with Gasteiger partial charge in [-0.15, -0.1) is 0 Å². The van der Waals surface area contributed by atoms with Gasteiger partial charge < -0.3 is 0 Å². The molecule has 0 amide bonds. The van der Waals surface area contributed by atoms with Crippen molar-refractivity contribution in [1.29, 1.82) is 0 Å². The first-order valence-electron chi connectivity index (χ1n) is 7.28. The van der Waals surface area contributed by atoms with E-state index >= 15 is 0 Å². The summed E-state index contributed by atoms with van der Waals surface area (Å²) in [5.74, 6) is 1.48. The molecule has 0 spiro atoms. The van der Waals surface area contributed by atoms with Gasteiger partial charge in [-0.25, -0.2) is 0 Å². The van der Waals surface area contributed by atoms with Crippen LogP contribution >= 0.6 is 0 Å². The number of nitrogens with zero attached hydrogens (tertiary/aromatic N) is 1. The fraction of sp³-hybridized carbons (Fsp3) is 1.00. The van der Waals surface area contributed by atoms with E-state index in [1.54, 1.807) is 0 Å². The van der Waals surface area contributed by atoms with Crippen LogP contribution in [-0.4, -0.2) is 23.5 Å². The first-order chi connectivity index (χ1) is 7.53. The van der Waals surface area contributed by atoms with Gasteiger partial charge in [-0.2, -0.15) is 0 Å². The van der Waals surface area contributed by atoms with Crippen LogP contribution in [0.1, 0.15) is 68.7 Å². The van der Waals surface area contributed by atoms with Gasteiger partial charge in [-0.3, -0.25) is 4.90 Å². The first kappa shape index (κ1) is 17.0. The van der Waals surface area contributed by atoms with Crippen molar-refractivity contribution in [2.24, 2.45) is 17.3 Å². The largest absolute Gasteiger partial charge is 0.298 e. The minimum Gasteiger partial charge on any atom is -0.298 e. The van der Waals surface area contributed by atoms with Crippen LogP contribution in [0.25, 0.3) is 0 Å². The molecule has 17 heavy (non-hydrogen) atoms. The minimum absolute atomic E-state index is 0.298. The molecule has 0 saturated carbocycles. The lowest BCUT2D eigenvalue weighted by molar-refractivity contribution is 0.0493. The van der Waals surface area contributed by atoms with Gasteiger partial charge in [0.2, 0.25) is 0 Å². The molecule has 0 saturated heterocycles. The van der Waals surface area contributed by atoms with Crippen molar-refractivity contribution in [3.63, 3.8) is 0 Å². The number of hydrogen-bond acceptors (Lipinski definition) is 1. The normalized spacial score (nSPS) is 14.1. The fourth-order valence-corrected chi connectivity index (χ4v) is 2.68. The molecule has 104 valence electrons. The highest BCUT2D eigenvalue weighted by Gasteiger charge is 2.34. The Kier molecular flexibility index (Phi) is 6.21. The predicted octanol–water partition coefficient (Wildman–Crippen LogP) is 4.82. The summed E-state index contributed by atoms with van der Waals surface area (Å²) >= 11 is 0. The van der Waals surface area contributed by atoms with E-state index in [0.29, 0.717) is 11.0 Å². The Morgan fingerprint density at radius 3 is 1.71 bits per heavy atom. The molecule has 0 unspecified atom stereocenters. The minimum atomic E-state index is 0.298. The molecule has 0 aromatic rings. The summed E-state index contributed by atoms with van der Waals surface area (Å²) in [5, 5.41) is 0. The van der Waals surface area contributed by atoms with Gasteiger partial charge in [0.05, 0.1) is 0 Å². The average Bonchev–Trinajstić information content (AvgIpc) is 2.11. The summed E-state index contributed by atoms with van der Waals surface area (Å²) in [6, 6.07) is 0. The van der Waals surface area contributed by atoms with Crippen molar-refractivity contribution in [3.05, 3.63) is 0 Å². The zero-order valence-corrected chi connectivity index (χ0v) is 13.7. The van der Waals surface area contributed by atoms with Gasteiger partial charge in [-0.05, 0) is 44.1 Å². The summed E-state index contributed by atoms with van der Waals surface area (Å²) in [6.45, 7) is 23.6. The molecule has 0 aromatic carbocycles. The summed E-state index contributed by atoms with van der Waals surface area (Å²) in [4.78, 5) is 2.64. The van der Waals surface area contributed by atoms with Gasteiger partial charge in [0.15, 0.2) is 0 Å². The smallest absolute Gasteiger partial charge is 0.0158 e. The first-order valence-corrected chi connectivity index (χ1v) is 7.28. The fourth-order valence-electron chi connectivity index (χ4n) is 2.68. The monoisotopic (exact) mass is 241 g/mol. The molecule has 0 atom stereocenters. The molecule has 0 N–H and O–H groups in total. The van der Waals surface area contributed by atoms with E-state index in [1.165, 1.54) is 13.0 Å². The third-order valence-corrected chi connectivity index (χ3v) is 4.27. The van der Waals surface area contributed by atoms with E-state index in [4.69, 9.17) is 0 Å². The lowest BCUT2D eigenvalue weighted by Crippen LogP contribution is -2.48. The van der Waals surface area contributed by atoms with Crippen molar-refractivity contribution in [2.45, 2.75) is 74.3 Å². The average molecular weight is 241 g/mol.